The predicted octanol–water partition coefficient (Wildman–Crippen LogP) is 2.57. The number of rotatable bonds is 6. The fourth-order valence-electron chi connectivity index (χ4n) is 1.17. The van der Waals surface area contributed by atoms with Crippen LogP contribution in [0.25, 0.3) is 0 Å². The van der Waals surface area contributed by atoms with Gasteiger partial charge in [0.15, 0.2) is 0 Å². The molecule has 0 fully saturated rings. The molecule has 0 saturated heterocycles. The Balaban J connectivity index is 2.76. The lowest BCUT2D eigenvalue weighted by atomic mass is 10.1. The zero-order chi connectivity index (χ0) is 11.1. The topological polar surface area (TPSA) is 43.1 Å². The molecule has 1 aromatic carbocycles. The molecule has 0 saturated carbocycles. The van der Waals surface area contributed by atoms with Gasteiger partial charge in [0.1, 0.15) is 0 Å². The first-order valence-corrected chi connectivity index (χ1v) is 7.14. The van der Waals surface area contributed by atoms with Crippen LogP contribution in [0.1, 0.15) is 17.7 Å². The van der Waals surface area contributed by atoms with Gasteiger partial charge in [-0.05, 0) is 5.56 Å². The zero-order valence-electron chi connectivity index (χ0n) is 8.55. The first-order chi connectivity index (χ1) is 7.29. The summed E-state index contributed by atoms with van der Waals surface area (Å²) in [5.41, 5.74) is 6.81. The Labute approximate surface area is 98.4 Å². The molecule has 81 valence electrons. The Morgan fingerprint density at radius 3 is 2.60 bits per heavy atom. The highest BCUT2D eigenvalue weighted by Gasteiger charge is 2.20. The van der Waals surface area contributed by atoms with E-state index in [0.29, 0.717) is 0 Å². The zero-order valence-corrected chi connectivity index (χ0v) is 10.2. The number of hydrogen-bond donors (Lipinski definition) is 1. The smallest absolute Gasteiger partial charge is 0.218 e. The standard InChI is InChI=1S/C11H14NOS2/c1-2-14-15-11(10(12)8-13)9-6-4-3-5-7-9/h3-7,10-11H,2,12H2,1H3/t10-,11?/m1/s1. The molecule has 0 heterocycles. The Bertz CT molecular complexity index is 292. The van der Waals surface area contributed by atoms with Crippen LogP contribution >= 0.6 is 21.6 Å². The van der Waals surface area contributed by atoms with Crippen LogP contribution in [0, 0.1) is 0 Å². The highest BCUT2D eigenvalue weighted by Crippen LogP contribution is 2.39. The summed E-state index contributed by atoms with van der Waals surface area (Å²) in [5.74, 6) is 1.000. The Morgan fingerprint density at radius 1 is 1.40 bits per heavy atom. The Hall–Kier alpha value is -0.450. The Kier molecular flexibility index (Phi) is 5.83. The third kappa shape index (κ3) is 3.89. The van der Waals surface area contributed by atoms with Gasteiger partial charge in [0.25, 0.3) is 0 Å². The fourth-order valence-corrected chi connectivity index (χ4v) is 3.44. The quantitative estimate of drug-likeness (QED) is 0.776. The molecule has 2 atom stereocenters. The molecular weight excluding hydrogens is 226 g/mol. The van der Waals surface area contributed by atoms with Crippen molar-refractivity contribution in [2.24, 2.45) is 5.73 Å². The predicted molar refractivity (Wildman–Crippen MR) is 68.6 cm³/mol. The van der Waals surface area contributed by atoms with E-state index in [9.17, 15) is 4.79 Å². The van der Waals surface area contributed by atoms with Gasteiger partial charge in [-0.1, -0.05) is 58.8 Å². The first kappa shape index (κ1) is 12.6. The molecule has 0 aliphatic rings. The third-order valence-electron chi connectivity index (χ3n) is 1.88. The van der Waals surface area contributed by atoms with E-state index in [1.165, 1.54) is 0 Å². The summed E-state index contributed by atoms with van der Waals surface area (Å²) in [4.78, 5) is 10.6. The van der Waals surface area contributed by atoms with Gasteiger partial charge in [0, 0.05) is 5.75 Å². The lowest BCUT2D eigenvalue weighted by molar-refractivity contribution is 0.540. The van der Waals surface area contributed by atoms with Crippen LogP contribution in [0.3, 0.4) is 0 Å². The van der Waals surface area contributed by atoms with E-state index in [1.807, 2.05) is 36.6 Å². The lowest BCUT2D eigenvalue weighted by Gasteiger charge is -2.18. The van der Waals surface area contributed by atoms with Crippen molar-refractivity contribution in [1.82, 2.24) is 0 Å². The second-order valence-corrected chi connectivity index (χ2v) is 5.78. The Morgan fingerprint density at radius 2 is 2.07 bits per heavy atom. The maximum atomic E-state index is 10.6. The van der Waals surface area contributed by atoms with E-state index in [2.05, 4.69) is 6.92 Å². The number of benzene rings is 1. The normalized spacial score (nSPS) is 14.5. The molecular formula is C11H14NOS2. The van der Waals surface area contributed by atoms with Gasteiger partial charge in [-0.2, -0.15) is 0 Å². The van der Waals surface area contributed by atoms with Crippen LogP contribution in [0.2, 0.25) is 0 Å². The minimum absolute atomic E-state index is 0.00588. The second-order valence-electron chi connectivity index (χ2n) is 2.98. The van der Waals surface area contributed by atoms with Crippen molar-refractivity contribution >= 4 is 27.9 Å². The average Bonchev–Trinajstić information content (AvgIpc) is 2.30. The van der Waals surface area contributed by atoms with Crippen LogP contribution in [0.15, 0.2) is 30.3 Å². The summed E-state index contributed by atoms with van der Waals surface area (Å²) < 4.78 is 0. The summed E-state index contributed by atoms with van der Waals surface area (Å²) >= 11 is 0. The van der Waals surface area contributed by atoms with Crippen molar-refractivity contribution in [2.75, 3.05) is 5.75 Å². The SMILES string of the molecule is CCSSC(c1ccccc1)[C@H](N)[C]=O. The highest BCUT2D eigenvalue weighted by atomic mass is 33.1. The van der Waals surface area contributed by atoms with Crippen molar-refractivity contribution in [2.45, 2.75) is 18.2 Å². The fraction of sp³-hybridized carbons (Fsp3) is 0.364. The monoisotopic (exact) mass is 240 g/mol. The maximum Gasteiger partial charge on any atom is 0.218 e. The van der Waals surface area contributed by atoms with Crippen LogP contribution in [0.5, 0.6) is 0 Å². The van der Waals surface area contributed by atoms with Gasteiger partial charge in [0.2, 0.25) is 6.29 Å². The molecule has 0 amide bonds. The van der Waals surface area contributed by atoms with Crippen molar-refractivity contribution < 1.29 is 4.79 Å². The van der Waals surface area contributed by atoms with E-state index in [0.717, 1.165) is 11.3 Å². The third-order valence-corrected chi connectivity index (χ3v) is 4.76. The molecule has 2 nitrogen and oxygen atoms in total. The molecule has 1 radical (unpaired) electrons. The van der Waals surface area contributed by atoms with E-state index < -0.39 is 6.04 Å². The first-order valence-electron chi connectivity index (χ1n) is 4.76. The molecule has 0 spiro atoms. The van der Waals surface area contributed by atoms with Crippen molar-refractivity contribution in [3.05, 3.63) is 35.9 Å². The summed E-state index contributed by atoms with van der Waals surface area (Å²) in [5, 5.41) is -0.00588. The minimum Gasteiger partial charge on any atom is -0.320 e. The maximum absolute atomic E-state index is 10.6. The van der Waals surface area contributed by atoms with E-state index in [4.69, 9.17) is 5.73 Å². The number of hydrogen-bond acceptors (Lipinski definition) is 4. The van der Waals surface area contributed by atoms with E-state index in [1.54, 1.807) is 21.6 Å². The van der Waals surface area contributed by atoms with Crippen LogP contribution in [-0.4, -0.2) is 18.1 Å². The summed E-state index contributed by atoms with van der Waals surface area (Å²) in [6.45, 7) is 2.08. The van der Waals surface area contributed by atoms with E-state index in [-0.39, 0.29) is 5.25 Å². The average molecular weight is 240 g/mol. The summed E-state index contributed by atoms with van der Waals surface area (Å²) in [6, 6.07) is 9.29. The molecule has 0 aliphatic heterocycles. The summed E-state index contributed by atoms with van der Waals surface area (Å²) in [6.07, 6.45) is 1.87. The van der Waals surface area contributed by atoms with Crippen molar-refractivity contribution in [3.63, 3.8) is 0 Å². The molecule has 4 heteroatoms. The molecule has 2 N–H and O–H groups in total. The lowest BCUT2D eigenvalue weighted by Crippen LogP contribution is -2.27. The molecule has 0 aliphatic carbocycles. The van der Waals surface area contributed by atoms with Crippen LogP contribution in [0.4, 0.5) is 0 Å². The molecule has 1 unspecified atom stereocenters. The number of nitrogens with two attached hydrogens (primary N) is 1. The van der Waals surface area contributed by atoms with E-state index >= 15 is 0 Å². The van der Waals surface area contributed by atoms with Gasteiger partial charge in [0.05, 0.1) is 11.3 Å². The van der Waals surface area contributed by atoms with Gasteiger partial charge in [-0.25, -0.2) is 0 Å². The van der Waals surface area contributed by atoms with Crippen LogP contribution < -0.4 is 5.73 Å². The second kappa shape index (κ2) is 6.93. The molecule has 0 aromatic heterocycles. The van der Waals surface area contributed by atoms with Crippen LogP contribution in [-0.2, 0) is 4.79 Å². The van der Waals surface area contributed by atoms with Gasteiger partial charge in [-0.15, -0.1) is 0 Å². The number of carbonyl (C=O) groups excluding carboxylic acids is 1. The van der Waals surface area contributed by atoms with Gasteiger partial charge < -0.3 is 5.73 Å². The van der Waals surface area contributed by atoms with Gasteiger partial charge >= 0.3 is 0 Å². The molecule has 15 heavy (non-hydrogen) atoms. The summed E-state index contributed by atoms with van der Waals surface area (Å²) in [7, 11) is 3.35. The molecule has 1 rings (SSSR count). The van der Waals surface area contributed by atoms with Crippen molar-refractivity contribution in [1.29, 1.82) is 0 Å². The highest BCUT2D eigenvalue weighted by molar-refractivity contribution is 8.76. The van der Waals surface area contributed by atoms with Crippen molar-refractivity contribution in [3.8, 4) is 0 Å². The minimum atomic E-state index is -0.559. The molecule has 1 aromatic rings. The largest absolute Gasteiger partial charge is 0.320 e. The van der Waals surface area contributed by atoms with Gasteiger partial charge in [-0.3, -0.25) is 4.79 Å². The molecule has 0 bridgehead atoms.